The van der Waals surface area contributed by atoms with Gasteiger partial charge in [-0.1, -0.05) is 0 Å². The van der Waals surface area contributed by atoms with Crippen LogP contribution in [0.4, 0.5) is 0 Å². The van der Waals surface area contributed by atoms with Crippen LogP contribution >= 0.6 is 0 Å². The number of fused-ring (bicyclic) bond motifs is 1. The number of aryl methyl sites for hydroxylation is 3. The third kappa shape index (κ3) is 3.23. The Morgan fingerprint density at radius 3 is 2.84 bits per heavy atom. The van der Waals surface area contributed by atoms with E-state index in [0.717, 1.165) is 35.2 Å². The maximum absolute atomic E-state index is 13.0. The number of amides is 1. The van der Waals surface area contributed by atoms with E-state index < -0.39 is 0 Å². The molecule has 0 radical (unpaired) electrons. The van der Waals surface area contributed by atoms with Gasteiger partial charge in [-0.2, -0.15) is 0 Å². The van der Waals surface area contributed by atoms with E-state index in [2.05, 4.69) is 14.5 Å². The minimum Gasteiger partial charge on any atom is -0.380 e. The summed E-state index contributed by atoms with van der Waals surface area (Å²) in [6.07, 6.45) is 4.43. The van der Waals surface area contributed by atoms with Crippen molar-refractivity contribution in [2.75, 3.05) is 19.8 Å². The lowest BCUT2D eigenvalue weighted by atomic mass is 9.98. The highest BCUT2D eigenvalue weighted by Crippen LogP contribution is 2.32. The fourth-order valence-corrected chi connectivity index (χ4v) is 3.80. The van der Waals surface area contributed by atoms with E-state index in [-0.39, 0.29) is 11.8 Å². The van der Waals surface area contributed by atoms with Crippen molar-refractivity contribution in [3.63, 3.8) is 0 Å². The number of rotatable bonds is 5. The largest absolute Gasteiger partial charge is 0.380 e. The molecule has 1 amide bonds. The number of nitrogens with zero attached hydrogens (tertiary/aromatic N) is 3. The molecule has 134 valence electrons. The molecule has 25 heavy (non-hydrogen) atoms. The molecule has 2 aromatic rings. The van der Waals surface area contributed by atoms with Gasteiger partial charge >= 0.3 is 0 Å². The molecule has 2 aliphatic rings. The number of hydrogen-bond donors (Lipinski definition) is 1. The molecule has 1 saturated carbocycles. The average Bonchev–Trinajstić information content (AvgIpc) is 3.24. The number of hydrogen-bond acceptors (Lipinski definition) is 3. The quantitative estimate of drug-likeness (QED) is 0.908. The summed E-state index contributed by atoms with van der Waals surface area (Å²) in [7, 11) is 2.02. The first-order chi connectivity index (χ1) is 12.0. The van der Waals surface area contributed by atoms with E-state index in [1.165, 1.54) is 18.5 Å². The molecule has 1 unspecified atom stereocenters. The van der Waals surface area contributed by atoms with Crippen LogP contribution in [0, 0.1) is 19.8 Å². The summed E-state index contributed by atoms with van der Waals surface area (Å²) in [6, 6.07) is 1.93. The number of carbonyl (C=O) groups excluding carboxylic acids is 1. The lowest BCUT2D eigenvalue weighted by molar-refractivity contribution is 0.0618. The minimum absolute atomic E-state index is 0.0744. The third-order valence-corrected chi connectivity index (χ3v) is 5.27. The maximum atomic E-state index is 13.0. The van der Waals surface area contributed by atoms with Crippen molar-refractivity contribution in [1.29, 1.82) is 0 Å². The van der Waals surface area contributed by atoms with Crippen LogP contribution in [0.25, 0.3) is 0 Å². The Morgan fingerprint density at radius 1 is 1.36 bits per heavy atom. The molecule has 0 spiro atoms. The van der Waals surface area contributed by atoms with E-state index in [4.69, 9.17) is 4.74 Å². The molecule has 3 heterocycles. The summed E-state index contributed by atoms with van der Waals surface area (Å²) in [4.78, 5) is 22.7. The van der Waals surface area contributed by atoms with Gasteiger partial charge in [0.1, 0.15) is 0 Å². The highest BCUT2D eigenvalue weighted by atomic mass is 16.5. The van der Waals surface area contributed by atoms with Crippen LogP contribution in [0.3, 0.4) is 0 Å². The van der Waals surface area contributed by atoms with Crippen LogP contribution in [0.1, 0.15) is 51.9 Å². The first-order valence-corrected chi connectivity index (χ1v) is 9.06. The van der Waals surface area contributed by atoms with Crippen LogP contribution in [-0.4, -0.2) is 45.1 Å². The van der Waals surface area contributed by atoms with Gasteiger partial charge in [0.2, 0.25) is 0 Å². The van der Waals surface area contributed by atoms with E-state index >= 15 is 0 Å². The molecule has 1 aliphatic heterocycles. The van der Waals surface area contributed by atoms with Crippen molar-refractivity contribution in [3.8, 4) is 0 Å². The Bertz CT molecular complexity index is 787. The summed E-state index contributed by atoms with van der Waals surface area (Å²) in [5, 5.41) is 0. The van der Waals surface area contributed by atoms with Crippen LogP contribution in [0.2, 0.25) is 0 Å². The van der Waals surface area contributed by atoms with Crippen molar-refractivity contribution >= 4 is 5.91 Å². The number of imidazole rings is 1. The summed E-state index contributed by atoms with van der Waals surface area (Å²) in [5.41, 5.74) is 4.90. The van der Waals surface area contributed by atoms with Crippen LogP contribution < -0.4 is 0 Å². The van der Waals surface area contributed by atoms with Crippen LogP contribution in [-0.2, 0) is 18.3 Å². The molecule has 1 aliphatic carbocycles. The lowest BCUT2D eigenvalue weighted by Gasteiger charge is -2.33. The Balaban J connectivity index is 1.54. The molecule has 2 aromatic heterocycles. The lowest BCUT2D eigenvalue weighted by Crippen LogP contribution is -2.40. The van der Waals surface area contributed by atoms with Gasteiger partial charge in [-0.25, -0.2) is 4.98 Å². The highest BCUT2D eigenvalue weighted by molar-refractivity contribution is 5.95. The maximum Gasteiger partial charge on any atom is 0.256 e. The minimum atomic E-state index is 0.0744. The number of H-pyrrole nitrogens is 1. The zero-order valence-corrected chi connectivity index (χ0v) is 15.2. The van der Waals surface area contributed by atoms with Gasteiger partial charge in [0.05, 0.1) is 30.7 Å². The van der Waals surface area contributed by atoms with Crippen molar-refractivity contribution < 1.29 is 9.53 Å². The zero-order valence-electron chi connectivity index (χ0n) is 15.2. The molecule has 6 nitrogen and oxygen atoms in total. The van der Waals surface area contributed by atoms with Crippen molar-refractivity contribution in [3.05, 3.63) is 40.7 Å². The molecule has 0 aromatic carbocycles. The Labute approximate surface area is 148 Å². The fourth-order valence-electron chi connectivity index (χ4n) is 3.80. The third-order valence-electron chi connectivity index (χ3n) is 5.27. The van der Waals surface area contributed by atoms with E-state index in [9.17, 15) is 4.79 Å². The SMILES string of the molecule is Cc1cc(C(=O)N2Cc3ncn(C)c3C(COCC3CC3)C2)c(C)[nH]1. The summed E-state index contributed by atoms with van der Waals surface area (Å²) in [5.74, 6) is 1.00. The molecule has 1 atom stereocenters. The normalized spacial score (nSPS) is 20.0. The predicted octanol–water partition coefficient (Wildman–Crippen LogP) is 2.53. The molecular weight excluding hydrogens is 316 g/mol. The molecule has 4 rings (SSSR count). The van der Waals surface area contributed by atoms with Gasteiger partial charge in [-0.3, -0.25) is 4.79 Å². The molecular formula is C19H26N4O2. The predicted molar refractivity (Wildman–Crippen MR) is 94.5 cm³/mol. The van der Waals surface area contributed by atoms with Gasteiger partial charge in [0.15, 0.2) is 0 Å². The van der Waals surface area contributed by atoms with E-state index in [1.54, 1.807) is 0 Å². The number of ether oxygens (including phenoxy) is 1. The smallest absolute Gasteiger partial charge is 0.256 e. The second kappa shape index (κ2) is 6.33. The van der Waals surface area contributed by atoms with Gasteiger partial charge < -0.3 is 19.2 Å². The fraction of sp³-hybridized carbons (Fsp3) is 0.579. The Morgan fingerprint density at radius 2 is 2.16 bits per heavy atom. The highest BCUT2D eigenvalue weighted by Gasteiger charge is 2.33. The van der Waals surface area contributed by atoms with Crippen molar-refractivity contribution in [2.24, 2.45) is 13.0 Å². The van der Waals surface area contributed by atoms with Gasteiger partial charge in [0, 0.05) is 43.2 Å². The first-order valence-electron chi connectivity index (χ1n) is 9.06. The van der Waals surface area contributed by atoms with E-state index in [0.29, 0.717) is 19.7 Å². The monoisotopic (exact) mass is 342 g/mol. The first kappa shape index (κ1) is 16.4. The Kier molecular flexibility index (Phi) is 4.15. The summed E-state index contributed by atoms with van der Waals surface area (Å²) < 4.78 is 8.03. The molecule has 1 fully saturated rings. The second-order valence-electron chi connectivity index (χ2n) is 7.54. The number of carbonyl (C=O) groups is 1. The van der Waals surface area contributed by atoms with Crippen LogP contribution in [0.5, 0.6) is 0 Å². The standard InChI is InChI=1S/C19H26N4O2/c1-12-6-16(13(2)21-12)19(24)23-7-15(10-25-9-14-4-5-14)18-17(8-23)20-11-22(18)3/h6,11,14-15,21H,4-5,7-10H2,1-3H3. The van der Waals surface area contributed by atoms with Crippen molar-refractivity contribution in [1.82, 2.24) is 19.4 Å². The Hall–Kier alpha value is -2.08. The van der Waals surface area contributed by atoms with Crippen LogP contribution in [0.15, 0.2) is 12.4 Å². The van der Waals surface area contributed by atoms with Gasteiger partial charge in [0.25, 0.3) is 5.91 Å². The molecule has 6 heteroatoms. The number of nitrogens with one attached hydrogen (secondary N) is 1. The van der Waals surface area contributed by atoms with Gasteiger partial charge in [-0.15, -0.1) is 0 Å². The second-order valence-corrected chi connectivity index (χ2v) is 7.54. The van der Waals surface area contributed by atoms with Gasteiger partial charge in [-0.05, 0) is 38.7 Å². The number of aromatic amines is 1. The molecule has 0 saturated heterocycles. The van der Waals surface area contributed by atoms with E-state index in [1.807, 2.05) is 38.2 Å². The molecule has 1 N–H and O–H groups in total. The number of aromatic nitrogens is 3. The van der Waals surface area contributed by atoms with Crippen molar-refractivity contribution in [2.45, 2.75) is 39.2 Å². The molecule has 0 bridgehead atoms. The zero-order chi connectivity index (χ0) is 17.6. The average molecular weight is 342 g/mol. The summed E-state index contributed by atoms with van der Waals surface area (Å²) in [6.45, 7) is 6.67. The summed E-state index contributed by atoms with van der Waals surface area (Å²) >= 11 is 0. The topological polar surface area (TPSA) is 63.1 Å².